The van der Waals surface area contributed by atoms with Crippen LogP contribution in [0.15, 0.2) is 24.3 Å². The van der Waals surface area contributed by atoms with Crippen LogP contribution in [0.4, 0.5) is 0 Å². The third-order valence-electron chi connectivity index (χ3n) is 4.68. The number of esters is 1. The van der Waals surface area contributed by atoms with Gasteiger partial charge in [-0.15, -0.1) is 0 Å². The third kappa shape index (κ3) is 4.84. The van der Waals surface area contributed by atoms with Gasteiger partial charge in [0.25, 0.3) is 0 Å². The van der Waals surface area contributed by atoms with Crippen molar-refractivity contribution in [3.63, 3.8) is 0 Å². The van der Waals surface area contributed by atoms with Crippen LogP contribution in [-0.2, 0) is 35.1 Å². The molecule has 0 saturated carbocycles. The van der Waals surface area contributed by atoms with Gasteiger partial charge in [-0.05, 0) is 52.3 Å². The summed E-state index contributed by atoms with van der Waals surface area (Å²) in [7, 11) is 1.63. The summed E-state index contributed by atoms with van der Waals surface area (Å²) < 4.78 is 34.5. The molecule has 2 fully saturated rings. The lowest BCUT2D eigenvalue weighted by molar-refractivity contribution is -0.225. The van der Waals surface area contributed by atoms with Crippen LogP contribution in [-0.4, -0.2) is 50.1 Å². The van der Waals surface area contributed by atoms with Crippen LogP contribution in [0.3, 0.4) is 0 Å². The van der Waals surface area contributed by atoms with E-state index in [1.54, 1.807) is 7.11 Å². The van der Waals surface area contributed by atoms with E-state index in [0.717, 1.165) is 11.3 Å². The molecule has 156 valence electrons. The van der Waals surface area contributed by atoms with Gasteiger partial charge in [0.2, 0.25) is 0 Å². The lowest BCUT2D eigenvalue weighted by atomic mass is 9.97. The number of carbonyl (C=O) groups is 1. The number of hydrogen-bond acceptors (Lipinski definition) is 7. The first kappa shape index (κ1) is 21.0. The summed E-state index contributed by atoms with van der Waals surface area (Å²) in [5.41, 5.74) is 0.413. The highest BCUT2D eigenvalue weighted by atomic mass is 16.8. The highest BCUT2D eigenvalue weighted by molar-refractivity contribution is 5.75. The van der Waals surface area contributed by atoms with E-state index in [1.165, 1.54) is 0 Å². The van der Waals surface area contributed by atoms with Crippen LogP contribution in [0.25, 0.3) is 0 Å². The molecule has 7 nitrogen and oxygen atoms in total. The van der Waals surface area contributed by atoms with Crippen molar-refractivity contribution in [3.05, 3.63) is 29.8 Å². The lowest BCUT2D eigenvalue weighted by Crippen LogP contribution is -2.40. The van der Waals surface area contributed by atoms with Gasteiger partial charge in [0, 0.05) is 0 Å². The Kier molecular flexibility index (Phi) is 6.00. The Morgan fingerprint density at radius 3 is 2.43 bits per heavy atom. The minimum absolute atomic E-state index is 0.0868. The molecule has 2 aliphatic rings. The van der Waals surface area contributed by atoms with E-state index in [0.29, 0.717) is 6.61 Å². The van der Waals surface area contributed by atoms with Gasteiger partial charge >= 0.3 is 5.97 Å². The van der Waals surface area contributed by atoms with Gasteiger partial charge in [0.05, 0.1) is 19.1 Å². The average Bonchev–Trinajstić information content (AvgIpc) is 3.08. The monoisotopic (exact) mass is 394 g/mol. The zero-order valence-electron chi connectivity index (χ0n) is 17.4. The molecule has 0 amide bonds. The summed E-state index contributed by atoms with van der Waals surface area (Å²) in [5.74, 6) is -0.247. The zero-order chi connectivity index (χ0) is 20.5. The molecule has 2 saturated heterocycles. The van der Waals surface area contributed by atoms with E-state index in [2.05, 4.69) is 0 Å². The molecule has 1 aromatic carbocycles. The van der Waals surface area contributed by atoms with Gasteiger partial charge in [-0.3, -0.25) is 4.79 Å². The quantitative estimate of drug-likeness (QED) is 0.687. The van der Waals surface area contributed by atoms with Crippen LogP contribution in [0.5, 0.6) is 5.75 Å². The number of hydrogen-bond donors (Lipinski definition) is 0. The molecule has 0 spiro atoms. The summed E-state index contributed by atoms with van der Waals surface area (Å²) in [6, 6.07) is 7.65. The number of benzene rings is 1. The Balaban J connectivity index is 1.65. The number of fused-ring (bicyclic) bond motifs is 1. The van der Waals surface area contributed by atoms with E-state index in [4.69, 9.17) is 28.4 Å². The molecule has 3 rings (SSSR count). The molecule has 4 atom stereocenters. The number of ether oxygens (including phenoxy) is 6. The van der Waals surface area contributed by atoms with E-state index >= 15 is 0 Å². The molecule has 0 unspecified atom stereocenters. The lowest BCUT2D eigenvalue weighted by Gasteiger charge is -2.26. The first-order valence-corrected chi connectivity index (χ1v) is 9.52. The Morgan fingerprint density at radius 2 is 1.82 bits per heavy atom. The Hall–Kier alpha value is -1.67. The van der Waals surface area contributed by atoms with Gasteiger partial charge in [-0.2, -0.15) is 0 Å². The largest absolute Gasteiger partial charge is 0.497 e. The smallest absolute Gasteiger partial charge is 0.311 e. The van der Waals surface area contributed by atoms with Crippen molar-refractivity contribution in [1.29, 1.82) is 0 Å². The molecular weight excluding hydrogens is 364 g/mol. The molecule has 28 heavy (non-hydrogen) atoms. The summed E-state index contributed by atoms with van der Waals surface area (Å²) >= 11 is 0. The highest BCUT2D eigenvalue weighted by Gasteiger charge is 2.55. The van der Waals surface area contributed by atoms with Crippen LogP contribution < -0.4 is 4.74 Å². The normalized spacial score (nSPS) is 28.8. The van der Waals surface area contributed by atoms with Gasteiger partial charge in [-0.25, -0.2) is 0 Å². The van der Waals surface area contributed by atoms with E-state index < -0.39 is 29.7 Å². The van der Waals surface area contributed by atoms with Crippen molar-refractivity contribution in [3.8, 4) is 5.75 Å². The molecule has 0 aliphatic carbocycles. The predicted octanol–water partition coefficient (Wildman–Crippen LogP) is 3.05. The molecule has 2 aliphatic heterocycles. The Labute approximate surface area is 166 Å². The molecule has 2 heterocycles. The molecule has 1 aromatic rings. The number of rotatable bonds is 6. The van der Waals surface area contributed by atoms with Crippen molar-refractivity contribution < 1.29 is 33.2 Å². The Bertz CT molecular complexity index is 677. The van der Waals surface area contributed by atoms with Crippen LogP contribution in [0.1, 0.15) is 40.2 Å². The zero-order valence-corrected chi connectivity index (χ0v) is 17.4. The molecule has 0 radical (unpaired) electrons. The maximum Gasteiger partial charge on any atom is 0.311 e. The Morgan fingerprint density at radius 1 is 1.14 bits per heavy atom. The highest BCUT2D eigenvalue weighted by Crippen LogP contribution is 2.39. The topological polar surface area (TPSA) is 72.5 Å². The molecule has 7 heteroatoms. The minimum atomic E-state index is -0.746. The number of carbonyl (C=O) groups excluding carboxylic acids is 1. The van der Waals surface area contributed by atoms with Crippen LogP contribution in [0, 0.1) is 5.41 Å². The first-order valence-electron chi connectivity index (χ1n) is 9.52. The van der Waals surface area contributed by atoms with Crippen molar-refractivity contribution >= 4 is 5.97 Å². The fourth-order valence-corrected chi connectivity index (χ4v) is 3.17. The van der Waals surface area contributed by atoms with E-state index in [-0.39, 0.29) is 18.7 Å². The third-order valence-corrected chi connectivity index (χ3v) is 4.68. The van der Waals surface area contributed by atoms with E-state index in [1.807, 2.05) is 58.9 Å². The molecule has 0 aromatic heterocycles. The fraction of sp³-hybridized carbons (Fsp3) is 0.667. The molecule has 0 bridgehead atoms. The van der Waals surface area contributed by atoms with Crippen molar-refractivity contribution in [2.75, 3.05) is 13.7 Å². The maximum absolute atomic E-state index is 12.1. The second-order valence-corrected chi connectivity index (χ2v) is 8.62. The van der Waals surface area contributed by atoms with Crippen LogP contribution in [0.2, 0.25) is 0 Å². The summed E-state index contributed by atoms with van der Waals surface area (Å²) in [4.78, 5) is 12.1. The van der Waals surface area contributed by atoms with Gasteiger partial charge in [-0.1, -0.05) is 12.1 Å². The SMILES string of the molecule is COc1ccc(CO[C@H]2[C@@H]3OC(C)(C)O[C@@H]3O[C@@H]2COC(=O)C(C)(C)C)cc1. The first-order chi connectivity index (χ1) is 13.1. The average molecular weight is 394 g/mol. The van der Waals surface area contributed by atoms with Crippen molar-refractivity contribution in [2.45, 2.75) is 71.6 Å². The standard InChI is InChI=1S/C21H30O7/c1-20(2,3)19(22)25-12-15-16(17-18(26-15)28-21(4,5)27-17)24-11-13-7-9-14(23-6)10-8-13/h7-10,15-18H,11-12H2,1-6H3/t15-,16-,17+,18+/m1/s1. The summed E-state index contributed by atoms with van der Waals surface area (Å²) in [6.45, 7) is 9.57. The van der Waals surface area contributed by atoms with Gasteiger partial charge in [0.1, 0.15) is 30.7 Å². The van der Waals surface area contributed by atoms with E-state index in [9.17, 15) is 4.79 Å². The van der Waals surface area contributed by atoms with Gasteiger partial charge < -0.3 is 28.4 Å². The van der Waals surface area contributed by atoms with Crippen LogP contribution >= 0.6 is 0 Å². The van der Waals surface area contributed by atoms with Crippen molar-refractivity contribution in [2.24, 2.45) is 5.41 Å². The minimum Gasteiger partial charge on any atom is -0.497 e. The fourth-order valence-electron chi connectivity index (χ4n) is 3.17. The summed E-state index contributed by atoms with van der Waals surface area (Å²) in [6.07, 6.45) is -1.81. The number of methoxy groups -OCH3 is 1. The van der Waals surface area contributed by atoms with Gasteiger partial charge in [0.15, 0.2) is 12.1 Å². The predicted molar refractivity (Wildman–Crippen MR) is 101 cm³/mol. The summed E-state index contributed by atoms with van der Waals surface area (Å²) in [5, 5.41) is 0. The maximum atomic E-state index is 12.1. The van der Waals surface area contributed by atoms with Crippen molar-refractivity contribution in [1.82, 2.24) is 0 Å². The molecule has 0 N–H and O–H groups in total. The molecular formula is C21H30O7. The second kappa shape index (κ2) is 7.99. The second-order valence-electron chi connectivity index (χ2n) is 8.62.